The van der Waals surface area contributed by atoms with Crippen LogP contribution in [0, 0.1) is 0 Å². The number of carbonyl (C=O) groups excluding carboxylic acids is 1. The first kappa shape index (κ1) is 18.0. The molecular formula is C12H24BrNO2. The summed E-state index contributed by atoms with van der Waals surface area (Å²) in [4.78, 5) is 11.2. The van der Waals surface area contributed by atoms with Crippen molar-refractivity contribution in [2.75, 3.05) is 11.9 Å². The zero-order chi connectivity index (χ0) is 13.1. The molecule has 0 bridgehead atoms. The number of rotatable bonds is 5. The van der Waals surface area contributed by atoms with Crippen molar-refractivity contribution in [3.05, 3.63) is 12.2 Å². The summed E-state index contributed by atoms with van der Waals surface area (Å²) in [7, 11) is 0. The molecule has 0 saturated heterocycles. The monoisotopic (exact) mass is 293 g/mol. The van der Waals surface area contributed by atoms with Crippen LogP contribution in [0.5, 0.6) is 0 Å². The van der Waals surface area contributed by atoms with Crippen molar-refractivity contribution in [1.82, 2.24) is 0 Å². The molecule has 16 heavy (non-hydrogen) atoms. The number of quaternary nitrogens is 1. The first-order valence-electron chi connectivity index (χ1n) is 5.65. The topological polar surface area (TPSA) is 44.6 Å². The van der Waals surface area contributed by atoms with Gasteiger partial charge in [-0.15, -0.1) is 0 Å². The molecule has 0 aliphatic carbocycles. The van der Waals surface area contributed by atoms with Gasteiger partial charge in [0.15, 0.2) is 0 Å². The molecule has 0 unspecified atom stereocenters. The Hall–Kier alpha value is -0.350. The summed E-state index contributed by atoms with van der Waals surface area (Å²) in [6.07, 6.45) is 2.43. The number of allylic oxidation sites excluding steroid dienone is 1. The third kappa shape index (κ3) is 11.7. The van der Waals surface area contributed by atoms with Crippen molar-refractivity contribution in [2.45, 2.75) is 46.7 Å². The number of nitrogens with one attached hydrogen (secondary N) is 1. The Balaban J connectivity index is 0. The molecule has 1 N–H and O–H groups in total. The van der Waals surface area contributed by atoms with E-state index in [0.717, 1.165) is 18.2 Å². The van der Waals surface area contributed by atoms with Crippen LogP contribution in [-0.2, 0) is 4.79 Å². The number of carbonyl (C=O) groups is 1. The lowest BCUT2D eigenvalue weighted by atomic mass is 10.2. The Kier molecular flexibility index (Phi) is 12.6. The van der Waals surface area contributed by atoms with Crippen molar-refractivity contribution < 1.29 is 14.8 Å². The molecule has 3 nitrogen and oxygen atoms in total. The molecule has 0 aromatic heterocycles. The minimum atomic E-state index is -1.15. The fourth-order valence-corrected chi connectivity index (χ4v) is 1.81. The van der Waals surface area contributed by atoms with Gasteiger partial charge in [-0.1, -0.05) is 22.0 Å². The van der Waals surface area contributed by atoms with Gasteiger partial charge in [-0.05, 0) is 40.7 Å². The molecule has 0 radical (unpaired) electrons. The molecule has 0 aromatic carbocycles. The number of carboxylic acids is 1. The van der Waals surface area contributed by atoms with E-state index in [1.807, 2.05) is 0 Å². The Morgan fingerprint density at radius 1 is 1.31 bits per heavy atom. The second-order valence-electron chi connectivity index (χ2n) is 4.11. The molecule has 0 aliphatic rings. The van der Waals surface area contributed by atoms with Gasteiger partial charge in [0.1, 0.15) is 0 Å². The van der Waals surface area contributed by atoms with E-state index in [9.17, 15) is 9.90 Å². The molecule has 0 saturated carbocycles. The highest BCUT2D eigenvalue weighted by Crippen LogP contribution is 1.78. The van der Waals surface area contributed by atoms with Crippen molar-refractivity contribution in [3.8, 4) is 0 Å². The predicted molar refractivity (Wildman–Crippen MR) is 69.7 cm³/mol. The molecule has 0 rings (SSSR count). The smallest absolute Gasteiger partial charge is 0.0819 e. The van der Waals surface area contributed by atoms with E-state index in [2.05, 4.69) is 50.5 Å². The molecule has 4 heteroatoms. The summed E-state index contributed by atoms with van der Waals surface area (Å²) in [6.45, 7) is 12.6. The SMILES string of the molecule is CC[NH+](C(C)C)C(C)C.O=C([O-])/C=C/CBr. The van der Waals surface area contributed by atoms with Crippen LogP contribution in [0.1, 0.15) is 34.6 Å². The maximum Gasteiger partial charge on any atom is 0.0819 e. The summed E-state index contributed by atoms with van der Waals surface area (Å²) in [6, 6.07) is 1.55. The van der Waals surface area contributed by atoms with E-state index in [4.69, 9.17) is 0 Å². The van der Waals surface area contributed by atoms with Gasteiger partial charge in [-0.25, -0.2) is 0 Å². The number of hydrogen-bond acceptors (Lipinski definition) is 2. The summed E-state index contributed by atoms with van der Waals surface area (Å²) in [5.41, 5.74) is 0. The van der Waals surface area contributed by atoms with Gasteiger partial charge in [0, 0.05) is 5.33 Å². The van der Waals surface area contributed by atoms with E-state index in [0.29, 0.717) is 5.33 Å². The number of alkyl halides is 1. The highest BCUT2D eigenvalue weighted by Gasteiger charge is 2.12. The standard InChI is InChI=1S/C8H19N.C4H5BrO2/c1-6-9(7(2)3)8(4)5;5-3-1-2-4(6)7/h7-8H,6H2,1-5H3;1-2H,3H2,(H,6,7)/b;2-1+. The third-order valence-corrected chi connectivity index (χ3v) is 2.61. The molecule has 0 spiro atoms. The van der Waals surface area contributed by atoms with Gasteiger partial charge in [0.2, 0.25) is 0 Å². The Bertz CT molecular complexity index is 195. The molecule has 0 atom stereocenters. The Labute approximate surface area is 108 Å². The quantitative estimate of drug-likeness (QED) is 0.589. The van der Waals surface area contributed by atoms with E-state index in [1.165, 1.54) is 12.6 Å². The summed E-state index contributed by atoms with van der Waals surface area (Å²) < 4.78 is 0. The van der Waals surface area contributed by atoms with E-state index < -0.39 is 5.97 Å². The predicted octanol–water partition coefficient (Wildman–Crippen LogP) is 0.395. The van der Waals surface area contributed by atoms with Gasteiger partial charge >= 0.3 is 0 Å². The second-order valence-corrected chi connectivity index (χ2v) is 4.76. The van der Waals surface area contributed by atoms with Crippen LogP contribution < -0.4 is 10.0 Å². The Morgan fingerprint density at radius 3 is 1.81 bits per heavy atom. The molecule has 0 amide bonds. The fraction of sp³-hybridized carbons (Fsp3) is 0.750. The highest BCUT2D eigenvalue weighted by atomic mass is 79.9. The van der Waals surface area contributed by atoms with Crippen LogP contribution in [0.4, 0.5) is 0 Å². The van der Waals surface area contributed by atoms with Crippen LogP contribution >= 0.6 is 15.9 Å². The van der Waals surface area contributed by atoms with Crippen molar-refractivity contribution in [1.29, 1.82) is 0 Å². The van der Waals surface area contributed by atoms with Crippen molar-refractivity contribution in [3.63, 3.8) is 0 Å². The van der Waals surface area contributed by atoms with Crippen LogP contribution in [-0.4, -0.2) is 29.9 Å². The minimum absolute atomic E-state index is 0.557. The number of carboxylic acid groups (broad SMARTS) is 1. The van der Waals surface area contributed by atoms with Crippen molar-refractivity contribution >= 4 is 21.9 Å². The molecular weight excluding hydrogens is 270 g/mol. The first-order valence-corrected chi connectivity index (χ1v) is 6.77. The van der Waals surface area contributed by atoms with E-state index in [-0.39, 0.29) is 0 Å². The highest BCUT2D eigenvalue weighted by molar-refractivity contribution is 9.09. The summed E-state index contributed by atoms with van der Waals surface area (Å²) >= 11 is 3.00. The maximum atomic E-state index is 9.54. The second kappa shape index (κ2) is 11.1. The average molecular weight is 294 g/mol. The summed E-state index contributed by atoms with van der Waals surface area (Å²) in [5, 5.41) is 10.1. The fourth-order valence-electron chi connectivity index (χ4n) is 1.62. The molecule has 0 heterocycles. The maximum absolute atomic E-state index is 9.54. The van der Waals surface area contributed by atoms with E-state index >= 15 is 0 Å². The van der Waals surface area contributed by atoms with Crippen LogP contribution in [0.25, 0.3) is 0 Å². The van der Waals surface area contributed by atoms with Crippen LogP contribution in [0.15, 0.2) is 12.2 Å². The largest absolute Gasteiger partial charge is 0.545 e. The lowest BCUT2D eigenvalue weighted by Crippen LogP contribution is -3.17. The average Bonchev–Trinajstić information content (AvgIpc) is 2.15. The third-order valence-electron chi connectivity index (χ3n) is 2.23. The molecule has 0 aliphatic heterocycles. The van der Waals surface area contributed by atoms with Crippen molar-refractivity contribution in [2.24, 2.45) is 0 Å². The van der Waals surface area contributed by atoms with Gasteiger partial charge in [-0.3, -0.25) is 0 Å². The minimum Gasteiger partial charge on any atom is -0.545 e. The lowest BCUT2D eigenvalue weighted by molar-refractivity contribution is -0.940. The van der Waals surface area contributed by atoms with E-state index in [1.54, 1.807) is 4.90 Å². The zero-order valence-electron chi connectivity index (χ0n) is 10.9. The molecule has 96 valence electrons. The van der Waals surface area contributed by atoms with Gasteiger partial charge < -0.3 is 14.8 Å². The van der Waals surface area contributed by atoms with Gasteiger partial charge in [0.05, 0.1) is 24.6 Å². The number of halogens is 1. The normalized spacial score (nSPS) is 11.1. The zero-order valence-corrected chi connectivity index (χ0v) is 12.5. The Morgan fingerprint density at radius 2 is 1.75 bits per heavy atom. The van der Waals surface area contributed by atoms with Gasteiger partial charge in [-0.2, -0.15) is 0 Å². The summed E-state index contributed by atoms with van der Waals surface area (Å²) in [5.74, 6) is -1.15. The molecule has 0 aromatic rings. The molecule has 0 fully saturated rings. The van der Waals surface area contributed by atoms with Crippen LogP contribution in [0.3, 0.4) is 0 Å². The van der Waals surface area contributed by atoms with Crippen LogP contribution in [0.2, 0.25) is 0 Å². The number of aliphatic carboxylic acids is 1. The first-order chi connectivity index (χ1) is 7.36. The van der Waals surface area contributed by atoms with Gasteiger partial charge in [0.25, 0.3) is 0 Å². The number of hydrogen-bond donors (Lipinski definition) is 1. The lowest BCUT2D eigenvalue weighted by Gasteiger charge is -2.25.